The number of anilines is 1. The van der Waals surface area contributed by atoms with E-state index in [4.69, 9.17) is 5.73 Å². The normalized spacial score (nSPS) is 10.2. The van der Waals surface area contributed by atoms with Crippen molar-refractivity contribution in [2.24, 2.45) is 0 Å². The molecule has 4 heteroatoms. The van der Waals surface area contributed by atoms with Crippen molar-refractivity contribution < 1.29 is 0 Å². The van der Waals surface area contributed by atoms with Crippen LogP contribution in [0.1, 0.15) is 5.56 Å². The van der Waals surface area contributed by atoms with E-state index in [1.165, 1.54) is 0 Å². The van der Waals surface area contributed by atoms with Gasteiger partial charge in [0, 0.05) is 5.69 Å². The minimum absolute atomic E-state index is 0.720. The molecule has 0 saturated carbocycles. The van der Waals surface area contributed by atoms with Gasteiger partial charge in [-0.15, -0.1) is 0 Å². The summed E-state index contributed by atoms with van der Waals surface area (Å²) in [6.07, 6.45) is 3.28. The fourth-order valence-electron chi connectivity index (χ4n) is 1.18. The average Bonchev–Trinajstić information content (AvgIpc) is 2.61. The number of nitrogens with zero attached hydrogens (tertiary/aromatic N) is 3. The first-order valence-corrected chi connectivity index (χ1v) is 4.00. The van der Waals surface area contributed by atoms with Crippen molar-refractivity contribution >= 4 is 5.69 Å². The van der Waals surface area contributed by atoms with Crippen molar-refractivity contribution in [2.75, 3.05) is 5.73 Å². The van der Waals surface area contributed by atoms with Gasteiger partial charge in [-0.2, -0.15) is 15.0 Å². The zero-order chi connectivity index (χ0) is 9.26. The van der Waals surface area contributed by atoms with Crippen molar-refractivity contribution in [3.63, 3.8) is 0 Å². The van der Waals surface area contributed by atoms with Gasteiger partial charge in [0.05, 0.1) is 18.1 Å². The number of benzene rings is 1. The van der Waals surface area contributed by atoms with Crippen LogP contribution in [0, 0.1) is 6.92 Å². The quantitative estimate of drug-likeness (QED) is 0.660. The number of aryl methyl sites for hydroxylation is 1. The summed E-state index contributed by atoms with van der Waals surface area (Å²) >= 11 is 0. The SMILES string of the molecule is Cc1ccc(N)cc1-n1nccn1. The molecular formula is C9H10N4. The molecule has 0 aliphatic heterocycles. The summed E-state index contributed by atoms with van der Waals surface area (Å²) in [5.41, 5.74) is 8.41. The maximum atomic E-state index is 5.66. The van der Waals surface area contributed by atoms with Crippen LogP contribution < -0.4 is 5.73 Å². The first-order valence-electron chi connectivity index (χ1n) is 4.00. The molecule has 1 aromatic carbocycles. The zero-order valence-electron chi connectivity index (χ0n) is 7.31. The number of nitrogens with two attached hydrogens (primary N) is 1. The number of rotatable bonds is 1. The molecule has 1 heterocycles. The second kappa shape index (κ2) is 2.90. The van der Waals surface area contributed by atoms with Crippen LogP contribution in [0.15, 0.2) is 30.6 Å². The maximum absolute atomic E-state index is 5.66. The van der Waals surface area contributed by atoms with E-state index in [2.05, 4.69) is 10.2 Å². The van der Waals surface area contributed by atoms with Gasteiger partial charge in [0.15, 0.2) is 0 Å². The van der Waals surface area contributed by atoms with Crippen molar-refractivity contribution in [1.29, 1.82) is 0 Å². The fourth-order valence-corrected chi connectivity index (χ4v) is 1.18. The van der Waals surface area contributed by atoms with Crippen molar-refractivity contribution in [1.82, 2.24) is 15.0 Å². The highest BCUT2D eigenvalue weighted by atomic mass is 15.5. The Bertz CT molecular complexity index is 406. The Balaban J connectivity index is 2.57. The van der Waals surface area contributed by atoms with Crippen LogP contribution in [-0.4, -0.2) is 15.0 Å². The second-order valence-electron chi connectivity index (χ2n) is 2.86. The molecule has 0 saturated heterocycles. The number of aromatic nitrogens is 3. The van der Waals surface area contributed by atoms with Crippen LogP contribution in [0.4, 0.5) is 5.69 Å². The molecule has 0 aliphatic carbocycles. The van der Waals surface area contributed by atoms with Crippen LogP contribution in [0.3, 0.4) is 0 Å². The Kier molecular flexibility index (Phi) is 1.73. The first kappa shape index (κ1) is 7.79. The van der Waals surface area contributed by atoms with Crippen LogP contribution in [0.5, 0.6) is 0 Å². The summed E-state index contributed by atoms with van der Waals surface area (Å²) in [6.45, 7) is 2.00. The molecule has 2 rings (SSSR count). The van der Waals surface area contributed by atoms with Gasteiger partial charge in [-0.1, -0.05) is 6.07 Å². The highest BCUT2D eigenvalue weighted by Gasteiger charge is 2.01. The summed E-state index contributed by atoms with van der Waals surface area (Å²) in [5, 5.41) is 8.08. The minimum atomic E-state index is 0.720. The molecule has 0 atom stereocenters. The van der Waals surface area contributed by atoms with Crippen molar-refractivity contribution in [2.45, 2.75) is 6.92 Å². The molecule has 0 spiro atoms. The van der Waals surface area contributed by atoms with Gasteiger partial charge in [0.2, 0.25) is 0 Å². The minimum Gasteiger partial charge on any atom is -0.399 e. The summed E-state index contributed by atoms with van der Waals surface area (Å²) in [4.78, 5) is 1.56. The van der Waals surface area contributed by atoms with Gasteiger partial charge in [0.25, 0.3) is 0 Å². The highest BCUT2D eigenvalue weighted by molar-refractivity contribution is 5.51. The molecule has 4 nitrogen and oxygen atoms in total. The van der Waals surface area contributed by atoms with E-state index in [0.29, 0.717) is 0 Å². The lowest BCUT2D eigenvalue weighted by Gasteiger charge is -2.04. The highest BCUT2D eigenvalue weighted by Crippen LogP contribution is 2.14. The largest absolute Gasteiger partial charge is 0.399 e. The second-order valence-corrected chi connectivity index (χ2v) is 2.86. The van der Waals surface area contributed by atoms with E-state index >= 15 is 0 Å². The predicted molar refractivity (Wildman–Crippen MR) is 50.5 cm³/mol. The third-order valence-electron chi connectivity index (χ3n) is 1.87. The Hall–Kier alpha value is -1.84. The third kappa shape index (κ3) is 1.38. The van der Waals surface area contributed by atoms with Crippen molar-refractivity contribution in [3.05, 3.63) is 36.2 Å². The van der Waals surface area contributed by atoms with Gasteiger partial charge in [-0.25, -0.2) is 0 Å². The van der Waals surface area contributed by atoms with Crippen LogP contribution in [0.25, 0.3) is 5.69 Å². The molecule has 2 aromatic rings. The standard InChI is InChI=1S/C9H10N4/c1-7-2-3-8(10)6-9(7)13-11-4-5-12-13/h2-6H,10H2,1H3. The van der Waals surface area contributed by atoms with Gasteiger partial charge in [-0.3, -0.25) is 0 Å². The van der Waals surface area contributed by atoms with E-state index in [1.54, 1.807) is 17.2 Å². The lowest BCUT2D eigenvalue weighted by atomic mass is 10.2. The molecule has 13 heavy (non-hydrogen) atoms. The first-order chi connectivity index (χ1) is 6.27. The van der Waals surface area contributed by atoms with Gasteiger partial charge >= 0.3 is 0 Å². The molecule has 0 fully saturated rings. The summed E-state index contributed by atoms with van der Waals surface area (Å²) in [7, 11) is 0. The molecule has 0 unspecified atom stereocenters. The van der Waals surface area contributed by atoms with Crippen LogP contribution in [0.2, 0.25) is 0 Å². The van der Waals surface area contributed by atoms with E-state index < -0.39 is 0 Å². The van der Waals surface area contributed by atoms with E-state index in [1.807, 2.05) is 25.1 Å². The Morgan fingerprint density at radius 1 is 1.23 bits per heavy atom. The molecule has 2 N–H and O–H groups in total. The smallest absolute Gasteiger partial charge is 0.0906 e. The fraction of sp³-hybridized carbons (Fsp3) is 0.111. The monoisotopic (exact) mass is 174 g/mol. The average molecular weight is 174 g/mol. The number of hydrogen-bond donors (Lipinski definition) is 1. The number of hydrogen-bond acceptors (Lipinski definition) is 3. The molecular weight excluding hydrogens is 164 g/mol. The Morgan fingerprint density at radius 3 is 2.62 bits per heavy atom. The van der Waals surface area contributed by atoms with Gasteiger partial charge < -0.3 is 5.73 Å². The van der Waals surface area contributed by atoms with E-state index in [0.717, 1.165) is 16.9 Å². The number of nitrogen functional groups attached to an aromatic ring is 1. The molecule has 0 aliphatic rings. The summed E-state index contributed by atoms with van der Waals surface area (Å²) in [6, 6.07) is 5.67. The Morgan fingerprint density at radius 2 is 1.92 bits per heavy atom. The van der Waals surface area contributed by atoms with E-state index in [9.17, 15) is 0 Å². The molecule has 0 amide bonds. The molecule has 0 radical (unpaired) electrons. The van der Waals surface area contributed by atoms with Crippen molar-refractivity contribution in [3.8, 4) is 5.69 Å². The predicted octanol–water partition coefficient (Wildman–Crippen LogP) is 1.16. The lowest BCUT2D eigenvalue weighted by molar-refractivity contribution is 0.747. The molecule has 1 aromatic heterocycles. The Labute approximate surface area is 76.0 Å². The van der Waals surface area contributed by atoms with E-state index in [-0.39, 0.29) is 0 Å². The van der Waals surface area contributed by atoms with Crippen LogP contribution in [-0.2, 0) is 0 Å². The van der Waals surface area contributed by atoms with Crippen LogP contribution >= 0.6 is 0 Å². The summed E-state index contributed by atoms with van der Waals surface area (Å²) in [5.74, 6) is 0. The summed E-state index contributed by atoms with van der Waals surface area (Å²) < 4.78 is 0. The van der Waals surface area contributed by atoms with Gasteiger partial charge in [-0.05, 0) is 24.6 Å². The molecule has 0 bridgehead atoms. The van der Waals surface area contributed by atoms with Gasteiger partial charge in [0.1, 0.15) is 0 Å². The maximum Gasteiger partial charge on any atom is 0.0906 e. The topological polar surface area (TPSA) is 56.7 Å². The third-order valence-corrected chi connectivity index (χ3v) is 1.87. The molecule has 66 valence electrons. The lowest BCUT2D eigenvalue weighted by Crippen LogP contribution is -2.01. The zero-order valence-corrected chi connectivity index (χ0v) is 7.31.